The number of ketones is 1. The minimum atomic E-state index is -0.254. The molecule has 2 rings (SSSR count). The molecule has 98 valence electrons. The molecule has 0 amide bonds. The van der Waals surface area contributed by atoms with E-state index in [0.717, 1.165) is 11.8 Å². The molecule has 0 spiro atoms. The number of nitrogens with zero attached hydrogens (tertiary/aromatic N) is 2. The second-order valence-electron chi connectivity index (χ2n) is 4.20. The van der Waals surface area contributed by atoms with Crippen LogP contribution < -0.4 is 0 Å². The highest BCUT2D eigenvalue weighted by Gasteiger charge is 2.19. The zero-order valence-electron chi connectivity index (χ0n) is 10.3. The Labute approximate surface area is 111 Å². The molecular formula is C14H14N2O3. The average molecular weight is 258 g/mol. The van der Waals surface area contributed by atoms with Gasteiger partial charge in [-0.1, -0.05) is 36.4 Å². The van der Waals surface area contributed by atoms with E-state index in [0.29, 0.717) is 6.42 Å². The van der Waals surface area contributed by atoms with Crippen LogP contribution in [0.4, 0.5) is 0 Å². The van der Waals surface area contributed by atoms with Gasteiger partial charge in [-0.3, -0.25) is 4.79 Å². The van der Waals surface area contributed by atoms with Crippen LogP contribution in [0.3, 0.4) is 0 Å². The van der Waals surface area contributed by atoms with Crippen molar-refractivity contribution in [3.8, 4) is 0 Å². The molecule has 1 aliphatic heterocycles. The molecule has 0 bridgehead atoms. The Morgan fingerprint density at radius 2 is 2.05 bits per heavy atom. The zero-order chi connectivity index (χ0) is 13.5. The summed E-state index contributed by atoms with van der Waals surface area (Å²) in [6.07, 6.45) is 4.95. The van der Waals surface area contributed by atoms with Crippen molar-refractivity contribution in [3.63, 3.8) is 0 Å². The molecular weight excluding hydrogens is 244 g/mol. The van der Waals surface area contributed by atoms with E-state index in [9.17, 15) is 4.79 Å². The van der Waals surface area contributed by atoms with Gasteiger partial charge in [-0.25, -0.2) is 9.78 Å². The van der Waals surface area contributed by atoms with Crippen LogP contribution in [0, 0.1) is 0 Å². The first-order valence-corrected chi connectivity index (χ1v) is 6.05. The second-order valence-corrected chi connectivity index (χ2v) is 4.20. The van der Waals surface area contributed by atoms with Crippen LogP contribution in [0.1, 0.15) is 24.5 Å². The highest BCUT2D eigenvalue weighted by Crippen LogP contribution is 2.25. The second kappa shape index (κ2) is 6.75. The fraction of sp³-hybridized carbons (Fsp3) is 0.286. The topological polar surface area (TPSA) is 71.9 Å². The maximum absolute atomic E-state index is 11.1. The third-order valence-corrected chi connectivity index (χ3v) is 2.79. The van der Waals surface area contributed by atoms with Crippen molar-refractivity contribution in [1.29, 1.82) is 0 Å². The first-order valence-electron chi connectivity index (χ1n) is 6.05. The lowest BCUT2D eigenvalue weighted by atomic mass is 10.1. The lowest BCUT2D eigenvalue weighted by Gasteiger charge is -2.22. The number of Topliss-reactive ketones (excluding diaryl/α,β-unsaturated/α-hetero) is 1. The van der Waals surface area contributed by atoms with Gasteiger partial charge in [0.25, 0.3) is 0 Å². The van der Waals surface area contributed by atoms with Crippen LogP contribution in [0.25, 0.3) is 5.53 Å². The molecule has 0 aromatic heterocycles. The Morgan fingerprint density at radius 1 is 1.26 bits per heavy atom. The van der Waals surface area contributed by atoms with Crippen LogP contribution in [-0.4, -0.2) is 22.9 Å². The van der Waals surface area contributed by atoms with Crippen LogP contribution >= 0.6 is 0 Å². The predicted molar refractivity (Wildman–Crippen MR) is 68.2 cm³/mol. The molecule has 5 heteroatoms. The quantitative estimate of drug-likeness (QED) is 0.267. The number of rotatable bonds is 5. The molecule has 1 heterocycles. The lowest BCUT2D eigenvalue weighted by molar-refractivity contribution is -0.343. The van der Waals surface area contributed by atoms with Gasteiger partial charge in [-0.05, 0) is 18.1 Å². The van der Waals surface area contributed by atoms with Crippen molar-refractivity contribution in [2.24, 2.45) is 0 Å². The summed E-state index contributed by atoms with van der Waals surface area (Å²) >= 11 is 0. The third-order valence-electron chi connectivity index (χ3n) is 2.79. The smallest absolute Gasteiger partial charge is 0.323 e. The van der Waals surface area contributed by atoms with E-state index in [1.165, 1.54) is 0 Å². The van der Waals surface area contributed by atoms with Gasteiger partial charge in [0.1, 0.15) is 12.2 Å². The summed E-state index contributed by atoms with van der Waals surface area (Å²) in [5, 5.41) is 0. The standard InChI is InChI=1S/C14H14N2O3/c15-16-10-12(17)6-7-13-8-9-14(19-18-13)11-4-2-1-3-5-11/h1-5,8-10,13-14H,6-7H2/t13-,14-/m0/s1. The summed E-state index contributed by atoms with van der Waals surface area (Å²) in [6.45, 7) is 0. The third kappa shape index (κ3) is 3.96. The maximum Gasteiger partial charge on any atom is 0.323 e. The van der Waals surface area contributed by atoms with Crippen LogP contribution in [0.5, 0.6) is 0 Å². The SMILES string of the molecule is [N-]=[N+]=CC(=O)CC[C@H]1C=C[C@@H](c2ccccc2)OO1. The van der Waals surface area contributed by atoms with Crippen molar-refractivity contribution in [2.45, 2.75) is 25.0 Å². The minimum Gasteiger partial charge on any atom is -0.361 e. The van der Waals surface area contributed by atoms with Gasteiger partial charge in [0.05, 0.1) is 0 Å². The molecule has 2 atom stereocenters. The van der Waals surface area contributed by atoms with Crippen molar-refractivity contribution < 1.29 is 19.4 Å². The van der Waals surface area contributed by atoms with E-state index in [1.807, 2.05) is 42.5 Å². The van der Waals surface area contributed by atoms with Gasteiger partial charge in [-0.15, -0.1) is 0 Å². The van der Waals surface area contributed by atoms with Crippen molar-refractivity contribution in [3.05, 3.63) is 53.6 Å². The molecule has 0 radical (unpaired) electrons. The van der Waals surface area contributed by atoms with E-state index >= 15 is 0 Å². The highest BCUT2D eigenvalue weighted by molar-refractivity contribution is 6.25. The van der Waals surface area contributed by atoms with Crippen molar-refractivity contribution in [2.75, 3.05) is 0 Å². The van der Waals surface area contributed by atoms with E-state index in [-0.39, 0.29) is 24.4 Å². The van der Waals surface area contributed by atoms with Gasteiger partial charge in [-0.2, -0.15) is 4.79 Å². The highest BCUT2D eigenvalue weighted by atomic mass is 17.2. The first-order chi connectivity index (χ1) is 9.29. The predicted octanol–water partition coefficient (Wildman–Crippen LogP) is 2.26. The number of carbonyl (C=O) groups excluding carboxylic acids is 1. The summed E-state index contributed by atoms with van der Waals surface area (Å²) in [5.74, 6) is -0.246. The van der Waals surface area contributed by atoms with Crippen LogP contribution in [0.15, 0.2) is 42.5 Å². The summed E-state index contributed by atoms with van der Waals surface area (Å²) in [4.78, 5) is 24.3. The fourth-order valence-corrected chi connectivity index (χ4v) is 1.79. The summed E-state index contributed by atoms with van der Waals surface area (Å²) < 4.78 is 0. The molecule has 1 aliphatic rings. The van der Waals surface area contributed by atoms with Crippen molar-refractivity contribution >= 4 is 12.0 Å². The molecule has 0 unspecified atom stereocenters. The number of carbonyl (C=O) groups is 1. The molecule has 0 fully saturated rings. The summed E-state index contributed by atoms with van der Waals surface area (Å²) in [7, 11) is 0. The van der Waals surface area contributed by atoms with Crippen LogP contribution in [0.2, 0.25) is 0 Å². The van der Waals surface area contributed by atoms with E-state index < -0.39 is 0 Å². The van der Waals surface area contributed by atoms with Gasteiger partial charge in [0.2, 0.25) is 5.78 Å². The zero-order valence-corrected chi connectivity index (χ0v) is 10.3. The molecule has 0 saturated heterocycles. The Hall–Kier alpha value is -2.07. The van der Waals surface area contributed by atoms with Crippen LogP contribution in [-0.2, 0) is 14.6 Å². The molecule has 0 saturated carbocycles. The molecule has 1 aromatic rings. The Balaban J connectivity index is 1.86. The van der Waals surface area contributed by atoms with Gasteiger partial charge in [0.15, 0.2) is 0 Å². The Kier molecular flexibility index (Phi) is 4.75. The molecule has 1 aromatic carbocycles. The van der Waals surface area contributed by atoms with E-state index in [4.69, 9.17) is 15.3 Å². The van der Waals surface area contributed by atoms with E-state index in [1.54, 1.807) is 0 Å². The lowest BCUT2D eigenvalue weighted by Crippen LogP contribution is -2.19. The van der Waals surface area contributed by atoms with E-state index in [2.05, 4.69) is 4.79 Å². The average Bonchev–Trinajstić information content (AvgIpc) is 2.47. The molecule has 0 aliphatic carbocycles. The Morgan fingerprint density at radius 3 is 2.68 bits per heavy atom. The maximum atomic E-state index is 11.1. The first kappa shape index (κ1) is 13.4. The van der Waals surface area contributed by atoms with Gasteiger partial charge < -0.3 is 5.53 Å². The van der Waals surface area contributed by atoms with Gasteiger partial charge >= 0.3 is 6.21 Å². The summed E-state index contributed by atoms with van der Waals surface area (Å²) in [6, 6.07) is 9.73. The van der Waals surface area contributed by atoms with Gasteiger partial charge in [0, 0.05) is 6.42 Å². The number of hydrogen-bond acceptors (Lipinski definition) is 3. The molecule has 19 heavy (non-hydrogen) atoms. The normalized spacial score (nSPS) is 21.7. The molecule has 0 N–H and O–H groups in total. The number of benzene rings is 1. The largest absolute Gasteiger partial charge is 0.361 e. The monoisotopic (exact) mass is 258 g/mol. The minimum absolute atomic E-state index is 0.216. The Bertz CT molecular complexity index is 507. The molecule has 5 nitrogen and oxygen atoms in total. The number of hydrogen-bond donors (Lipinski definition) is 0. The fourth-order valence-electron chi connectivity index (χ4n) is 1.79. The van der Waals surface area contributed by atoms with Crippen molar-refractivity contribution in [1.82, 2.24) is 0 Å². The summed E-state index contributed by atoms with van der Waals surface area (Å²) in [5.41, 5.74) is 9.23.